The first kappa shape index (κ1) is 13.9. The van der Waals surface area contributed by atoms with Gasteiger partial charge in [0, 0.05) is 10.9 Å². The smallest absolute Gasteiger partial charge is 0.307 e. The molecule has 0 fully saturated rings. The van der Waals surface area contributed by atoms with Gasteiger partial charge >= 0.3 is 5.91 Å². The summed E-state index contributed by atoms with van der Waals surface area (Å²) in [6, 6.07) is 14.4. The molecule has 1 amide bonds. The van der Waals surface area contributed by atoms with Crippen molar-refractivity contribution >= 4 is 22.4 Å². The molecule has 1 aromatic heterocycles. The first-order valence-corrected chi connectivity index (χ1v) is 6.76. The molecule has 0 saturated heterocycles. The van der Waals surface area contributed by atoms with Gasteiger partial charge in [-0.2, -0.15) is 5.10 Å². The molecule has 0 saturated carbocycles. The number of nitrogens with one attached hydrogen (secondary N) is 1. The number of furan rings is 1. The van der Waals surface area contributed by atoms with Gasteiger partial charge in [-0.1, -0.05) is 30.3 Å². The van der Waals surface area contributed by atoms with E-state index in [4.69, 9.17) is 4.42 Å². The SMILES string of the molecule is C/C(=N\NC(=O)c1ccco1)c1ccc2ccccc2c1O. The van der Waals surface area contributed by atoms with Crippen molar-refractivity contribution in [3.63, 3.8) is 0 Å². The van der Waals surface area contributed by atoms with Crippen molar-refractivity contribution in [2.45, 2.75) is 6.92 Å². The summed E-state index contributed by atoms with van der Waals surface area (Å²) in [6.45, 7) is 1.71. The van der Waals surface area contributed by atoms with Gasteiger partial charge in [-0.05, 0) is 30.5 Å². The summed E-state index contributed by atoms with van der Waals surface area (Å²) in [5.41, 5.74) is 3.47. The van der Waals surface area contributed by atoms with Crippen LogP contribution in [0.1, 0.15) is 23.0 Å². The molecule has 0 radical (unpaired) electrons. The van der Waals surface area contributed by atoms with Gasteiger partial charge in [-0.3, -0.25) is 4.79 Å². The summed E-state index contributed by atoms with van der Waals surface area (Å²) < 4.78 is 4.98. The second-order valence-electron chi connectivity index (χ2n) is 4.80. The lowest BCUT2D eigenvalue weighted by atomic mass is 10.0. The molecule has 5 nitrogen and oxygen atoms in total. The molecule has 1 heterocycles. The van der Waals surface area contributed by atoms with Crippen LogP contribution in [0.2, 0.25) is 0 Å². The lowest BCUT2D eigenvalue weighted by Crippen LogP contribution is -2.18. The van der Waals surface area contributed by atoms with Crippen molar-refractivity contribution in [3.05, 3.63) is 66.1 Å². The Morgan fingerprint density at radius 3 is 2.73 bits per heavy atom. The molecule has 0 aliphatic heterocycles. The fourth-order valence-corrected chi connectivity index (χ4v) is 2.20. The number of benzene rings is 2. The molecular formula is C17H14N2O3. The molecule has 0 bridgehead atoms. The van der Waals surface area contributed by atoms with Crippen molar-refractivity contribution in [2.75, 3.05) is 0 Å². The number of phenolic OH excluding ortho intramolecular Hbond substituents is 1. The zero-order valence-corrected chi connectivity index (χ0v) is 11.9. The highest BCUT2D eigenvalue weighted by atomic mass is 16.3. The van der Waals surface area contributed by atoms with Crippen LogP contribution in [-0.2, 0) is 0 Å². The number of phenols is 1. The second kappa shape index (κ2) is 5.73. The topological polar surface area (TPSA) is 74.8 Å². The molecule has 0 unspecified atom stereocenters. The van der Waals surface area contributed by atoms with Crippen molar-refractivity contribution < 1.29 is 14.3 Å². The summed E-state index contributed by atoms with van der Waals surface area (Å²) in [6.07, 6.45) is 1.42. The van der Waals surface area contributed by atoms with Crippen LogP contribution >= 0.6 is 0 Å². The van der Waals surface area contributed by atoms with Gasteiger partial charge in [0.15, 0.2) is 5.76 Å². The number of hydrogen-bond donors (Lipinski definition) is 2. The first-order chi connectivity index (χ1) is 10.7. The Hall–Kier alpha value is -3.08. The molecule has 3 aromatic rings. The van der Waals surface area contributed by atoms with E-state index in [0.29, 0.717) is 11.3 Å². The third-order valence-corrected chi connectivity index (χ3v) is 3.36. The van der Waals surface area contributed by atoms with E-state index in [1.165, 1.54) is 6.26 Å². The molecule has 0 aliphatic carbocycles. The number of hydrogen-bond acceptors (Lipinski definition) is 4. The molecule has 22 heavy (non-hydrogen) atoms. The van der Waals surface area contributed by atoms with Crippen LogP contribution in [0, 0.1) is 0 Å². The molecule has 0 spiro atoms. The third-order valence-electron chi connectivity index (χ3n) is 3.36. The van der Waals surface area contributed by atoms with Gasteiger partial charge in [-0.15, -0.1) is 0 Å². The van der Waals surface area contributed by atoms with Crippen molar-refractivity contribution in [2.24, 2.45) is 5.10 Å². The predicted octanol–water partition coefficient (Wildman–Crippen LogP) is 3.29. The van der Waals surface area contributed by atoms with Crippen LogP contribution in [-0.4, -0.2) is 16.7 Å². The van der Waals surface area contributed by atoms with Gasteiger partial charge in [-0.25, -0.2) is 5.43 Å². The molecule has 0 atom stereocenters. The van der Waals surface area contributed by atoms with Crippen molar-refractivity contribution in [1.29, 1.82) is 0 Å². The molecule has 3 rings (SSSR count). The number of amides is 1. The van der Waals surface area contributed by atoms with E-state index in [0.717, 1.165) is 10.8 Å². The third kappa shape index (κ3) is 2.56. The van der Waals surface area contributed by atoms with E-state index in [1.807, 2.05) is 30.3 Å². The maximum Gasteiger partial charge on any atom is 0.307 e. The Morgan fingerprint density at radius 2 is 1.95 bits per heavy atom. The van der Waals surface area contributed by atoms with Crippen LogP contribution in [0.25, 0.3) is 10.8 Å². The molecule has 0 aliphatic rings. The van der Waals surface area contributed by atoms with Crippen LogP contribution < -0.4 is 5.43 Å². The van der Waals surface area contributed by atoms with Gasteiger partial charge in [0.05, 0.1) is 12.0 Å². The van der Waals surface area contributed by atoms with Gasteiger partial charge in [0.1, 0.15) is 5.75 Å². The van der Waals surface area contributed by atoms with Crippen LogP contribution in [0.4, 0.5) is 0 Å². The molecule has 2 N–H and O–H groups in total. The summed E-state index contributed by atoms with van der Waals surface area (Å²) in [5.74, 6) is -0.115. The van der Waals surface area contributed by atoms with Gasteiger partial charge in [0.25, 0.3) is 0 Å². The second-order valence-corrected chi connectivity index (χ2v) is 4.80. The predicted molar refractivity (Wildman–Crippen MR) is 84.0 cm³/mol. The normalized spacial score (nSPS) is 11.6. The van der Waals surface area contributed by atoms with Crippen LogP contribution in [0.5, 0.6) is 5.75 Å². The summed E-state index contributed by atoms with van der Waals surface area (Å²) in [7, 11) is 0. The van der Waals surface area contributed by atoms with E-state index in [9.17, 15) is 9.90 Å². The van der Waals surface area contributed by atoms with Gasteiger partial charge in [0.2, 0.25) is 0 Å². The number of fused-ring (bicyclic) bond motifs is 1. The minimum absolute atomic E-state index is 0.145. The quantitative estimate of drug-likeness (QED) is 0.575. The number of nitrogens with zero attached hydrogens (tertiary/aromatic N) is 1. The number of carbonyl (C=O) groups is 1. The largest absolute Gasteiger partial charge is 0.507 e. The van der Waals surface area contributed by atoms with E-state index < -0.39 is 5.91 Å². The van der Waals surface area contributed by atoms with E-state index in [-0.39, 0.29) is 11.5 Å². The molecule has 2 aromatic carbocycles. The summed E-state index contributed by atoms with van der Waals surface area (Å²) in [5, 5.41) is 16.1. The summed E-state index contributed by atoms with van der Waals surface area (Å²) >= 11 is 0. The van der Waals surface area contributed by atoms with Crippen molar-refractivity contribution in [1.82, 2.24) is 5.43 Å². The Morgan fingerprint density at radius 1 is 1.14 bits per heavy atom. The highest BCUT2D eigenvalue weighted by Gasteiger charge is 2.10. The monoisotopic (exact) mass is 294 g/mol. The average molecular weight is 294 g/mol. The number of carbonyl (C=O) groups excluding carboxylic acids is 1. The maximum absolute atomic E-state index is 11.8. The van der Waals surface area contributed by atoms with E-state index >= 15 is 0 Å². The fourth-order valence-electron chi connectivity index (χ4n) is 2.20. The standard InChI is InChI=1S/C17H14N2O3/c1-11(18-19-17(21)15-7-4-10-22-15)13-9-8-12-5-2-3-6-14(12)16(13)20/h2-10,20H,1H3,(H,19,21)/b18-11+. The molecular weight excluding hydrogens is 280 g/mol. The van der Waals surface area contributed by atoms with E-state index in [1.54, 1.807) is 25.1 Å². The summed E-state index contributed by atoms with van der Waals surface area (Å²) in [4.78, 5) is 11.8. The lowest BCUT2D eigenvalue weighted by molar-refractivity contribution is 0.0927. The van der Waals surface area contributed by atoms with Crippen molar-refractivity contribution in [3.8, 4) is 5.75 Å². The highest BCUT2D eigenvalue weighted by molar-refractivity contribution is 6.06. The zero-order chi connectivity index (χ0) is 15.5. The Bertz CT molecular complexity index is 851. The minimum Gasteiger partial charge on any atom is -0.507 e. The van der Waals surface area contributed by atoms with Crippen LogP contribution in [0.15, 0.2) is 64.3 Å². The Labute approximate surface area is 126 Å². The minimum atomic E-state index is -0.440. The maximum atomic E-state index is 11.8. The highest BCUT2D eigenvalue weighted by Crippen LogP contribution is 2.28. The molecule has 110 valence electrons. The fraction of sp³-hybridized carbons (Fsp3) is 0.0588. The van der Waals surface area contributed by atoms with Crippen LogP contribution in [0.3, 0.4) is 0 Å². The Balaban J connectivity index is 1.88. The van der Waals surface area contributed by atoms with E-state index in [2.05, 4.69) is 10.5 Å². The molecule has 5 heteroatoms. The first-order valence-electron chi connectivity index (χ1n) is 6.76. The number of rotatable bonds is 3. The number of aromatic hydroxyl groups is 1. The zero-order valence-electron chi connectivity index (χ0n) is 11.9. The van der Waals surface area contributed by atoms with Gasteiger partial charge < -0.3 is 9.52 Å². The number of hydrazone groups is 1. The lowest BCUT2D eigenvalue weighted by Gasteiger charge is -2.07. The average Bonchev–Trinajstić information content (AvgIpc) is 3.07. The Kier molecular flexibility index (Phi) is 3.62.